The molecule has 3 unspecified atom stereocenters. The number of imide groups is 1. The van der Waals surface area contributed by atoms with Crippen LogP contribution in [0.15, 0.2) is 42.5 Å². The van der Waals surface area contributed by atoms with Gasteiger partial charge in [-0.1, -0.05) is 63.2 Å². The van der Waals surface area contributed by atoms with E-state index in [4.69, 9.17) is 0 Å². The Morgan fingerprint density at radius 3 is 2.61 bits per heavy atom. The number of carbonyl (C=O) groups is 3. The van der Waals surface area contributed by atoms with E-state index in [0.717, 1.165) is 27.7 Å². The summed E-state index contributed by atoms with van der Waals surface area (Å²) in [6.45, 7) is 8.02. The fourth-order valence-electron chi connectivity index (χ4n) is 5.79. The third-order valence-electron chi connectivity index (χ3n) is 6.59. The maximum Gasteiger partial charge on any atom is 0.325 e. The second-order valence-electron chi connectivity index (χ2n) is 10.1. The standard InChI is InChI=1S/C25H31N3O3/c1-16-12-24(3,4)15-25(13-16)22(30)28(23(31)27-25)14-21(29)26-17(2)19-11-7-9-18-8-5-6-10-20(18)19/h5-11,16-17H,12-15H2,1-4H3,(H,26,29)(H,27,31). The first kappa shape index (κ1) is 21.3. The summed E-state index contributed by atoms with van der Waals surface area (Å²) in [4.78, 5) is 39.8. The predicted molar refractivity (Wildman–Crippen MR) is 120 cm³/mol. The van der Waals surface area contributed by atoms with Gasteiger partial charge in [0.15, 0.2) is 0 Å². The molecule has 31 heavy (non-hydrogen) atoms. The molecule has 1 heterocycles. The molecule has 2 aromatic rings. The van der Waals surface area contributed by atoms with E-state index in [1.165, 1.54) is 0 Å². The van der Waals surface area contributed by atoms with E-state index >= 15 is 0 Å². The van der Waals surface area contributed by atoms with Gasteiger partial charge >= 0.3 is 6.03 Å². The molecule has 1 spiro atoms. The minimum atomic E-state index is -0.889. The summed E-state index contributed by atoms with van der Waals surface area (Å²) in [5.41, 5.74) is 0.0737. The van der Waals surface area contributed by atoms with E-state index in [1.807, 2.05) is 49.4 Å². The lowest BCUT2D eigenvalue weighted by atomic mass is 9.64. The summed E-state index contributed by atoms with van der Waals surface area (Å²) in [6.07, 6.45) is 2.23. The molecule has 3 atom stereocenters. The summed E-state index contributed by atoms with van der Waals surface area (Å²) < 4.78 is 0. The van der Waals surface area contributed by atoms with Crippen LogP contribution >= 0.6 is 0 Å². The van der Waals surface area contributed by atoms with Crippen LogP contribution in [0.2, 0.25) is 0 Å². The van der Waals surface area contributed by atoms with Crippen LogP contribution < -0.4 is 10.6 Å². The molecule has 1 saturated carbocycles. The first-order valence-electron chi connectivity index (χ1n) is 11.0. The van der Waals surface area contributed by atoms with Crippen LogP contribution in [-0.2, 0) is 9.59 Å². The van der Waals surface area contributed by atoms with Crippen LogP contribution in [0.4, 0.5) is 4.79 Å². The van der Waals surface area contributed by atoms with Crippen molar-refractivity contribution < 1.29 is 14.4 Å². The van der Waals surface area contributed by atoms with E-state index in [9.17, 15) is 14.4 Å². The van der Waals surface area contributed by atoms with Crippen LogP contribution in [0.5, 0.6) is 0 Å². The van der Waals surface area contributed by atoms with Crippen molar-refractivity contribution in [2.45, 2.75) is 58.5 Å². The van der Waals surface area contributed by atoms with E-state index in [2.05, 4.69) is 31.4 Å². The van der Waals surface area contributed by atoms with Crippen molar-refractivity contribution in [2.24, 2.45) is 11.3 Å². The van der Waals surface area contributed by atoms with Crippen molar-refractivity contribution in [3.05, 3.63) is 48.0 Å². The molecule has 6 heteroatoms. The molecule has 0 aromatic heterocycles. The Labute approximate surface area is 183 Å². The third kappa shape index (κ3) is 4.03. The number of rotatable bonds is 4. The number of hydrogen-bond donors (Lipinski definition) is 2. The smallest absolute Gasteiger partial charge is 0.325 e. The van der Waals surface area contributed by atoms with Crippen LogP contribution in [-0.4, -0.2) is 34.8 Å². The van der Waals surface area contributed by atoms with Crippen molar-refractivity contribution in [3.8, 4) is 0 Å². The van der Waals surface area contributed by atoms with Crippen molar-refractivity contribution in [2.75, 3.05) is 6.54 Å². The average molecular weight is 422 g/mol. The number of nitrogens with zero attached hydrogens (tertiary/aromatic N) is 1. The van der Waals surface area contributed by atoms with Crippen molar-refractivity contribution >= 4 is 28.6 Å². The Bertz CT molecular complexity index is 1040. The Balaban J connectivity index is 1.47. The largest absolute Gasteiger partial charge is 0.348 e. The monoisotopic (exact) mass is 421 g/mol. The highest BCUT2D eigenvalue weighted by Crippen LogP contribution is 2.46. The van der Waals surface area contributed by atoms with Crippen molar-refractivity contribution in [1.29, 1.82) is 0 Å². The van der Waals surface area contributed by atoms with Gasteiger partial charge in [-0.15, -0.1) is 0 Å². The molecule has 4 amide bonds. The van der Waals surface area contributed by atoms with Gasteiger partial charge in [0.1, 0.15) is 12.1 Å². The molecule has 1 saturated heterocycles. The average Bonchev–Trinajstić information content (AvgIpc) is 2.89. The van der Waals surface area contributed by atoms with Crippen LogP contribution in [0.1, 0.15) is 58.6 Å². The summed E-state index contributed by atoms with van der Waals surface area (Å²) in [5, 5.41) is 8.06. The molecule has 2 fully saturated rings. The number of urea groups is 1. The van der Waals surface area contributed by atoms with E-state index < -0.39 is 11.6 Å². The van der Waals surface area contributed by atoms with Gasteiger partial charge in [0.2, 0.25) is 5.91 Å². The molecule has 1 aliphatic carbocycles. The highest BCUT2D eigenvalue weighted by atomic mass is 16.2. The minimum Gasteiger partial charge on any atom is -0.348 e. The number of fused-ring (bicyclic) bond motifs is 1. The zero-order valence-electron chi connectivity index (χ0n) is 18.7. The normalized spacial score (nSPS) is 26.2. The second kappa shape index (κ2) is 7.66. The molecule has 1 aliphatic heterocycles. The van der Waals surface area contributed by atoms with Gasteiger partial charge in [-0.05, 0) is 53.9 Å². The zero-order chi connectivity index (χ0) is 22.4. The van der Waals surface area contributed by atoms with E-state index in [-0.39, 0.29) is 29.8 Å². The summed E-state index contributed by atoms with van der Waals surface area (Å²) in [5.74, 6) is -0.289. The van der Waals surface area contributed by atoms with Crippen LogP contribution in [0, 0.1) is 11.3 Å². The molecular formula is C25H31N3O3. The number of carbonyl (C=O) groups excluding carboxylic acids is 3. The Morgan fingerprint density at radius 2 is 1.87 bits per heavy atom. The lowest BCUT2D eigenvalue weighted by Crippen LogP contribution is -2.54. The lowest BCUT2D eigenvalue weighted by molar-refractivity contribution is -0.137. The number of benzene rings is 2. The van der Waals surface area contributed by atoms with Crippen LogP contribution in [0.25, 0.3) is 10.8 Å². The minimum absolute atomic E-state index is 0.0399. The molecule has 164 valence electrons. The molecule has 0 radical (unpaired) electrons. The van der Waals surface area contributed by atoms with Gasteiger partial charge < -0.3 is 10.6 Å². The molecular weight excluding hydrogens is 390 g/mol. The maximum atomic E-state index is 13.3. The van der Waals surface area contributed by atoms with Gasteiger partial charge in [-0.25, -0.2) is 4.79 Å². The van der Waals surface area contributed by atoms with E-state index in [0.29, 0.717) is 18.8 Å². The number of nitrogens with one attached hydrogen (secondary N) is 2. The fraction of sp³-hybridized carbons (Fsp3) is 0.480. The molecule has 2 aliphatic rings. The number of hydrogen-bond acceptors (Lipinski definition) is 3. The van der Waals surface area contributed by atoms with Crippen LogP contribution in [0.3, 0.4) is 0 Å². The second-order valence-corrected chi connectivity index (χ2v) is 10.1. The Morgan fingerprint density at radius 1 is 1.16 bits per heavy atom. The third-order valence-corrected chi connectivity index (χ3v) is 6.59. The summed E-state index contributed by atoms with van der Waals surface area (Å²) in [7, 11) is 0. The quantitative estimate of drug-likeness (QED) is 0.728. The first-order valence-corrected chi connectivity index (χ1v) is 11.0. The molecule has 2 aromatic carbocycles. The SMILES string of the molecule is CC1CC(C)(C)CC2(C1)NC(=O)N(CC(=O)NC(C)c1cccc3ccccc13)C2=O. The first-order chi connectivity index (χ1) is 14.6. The lowest BCUT2D eigenvalue weighted by Gasteiger charge is -2.43. The van der Waals surface area contributed by atoms with Gasteiger partial charge in [0, 0.05) is 0 Å². The Kier molecular flexibility index (Phi) is 5.28. The molecule has 4 rings (SSSR count). The molecule has 2 N–H and O–H groups in total. The maximum absolute atomic E-state index is 13.3. The topological polar surface area (TPSA) is 78.5 Å². The van der Waals surface area contributed by atoms with Gasteiger partial charge in [-0.2, -0.15) is 0 Å². The molecule has 6 nitrogen and oxygen atoms in total. The predicted octanol–water partition coefficient (Wildman–Crippen LogP) is 4.15. The van der Waals surface area contributed by atoms with Crippen molar-refractivity contribution in [3.63, 3.8) is 0 Å². The van der Waals surface area contributed by atoms with Gasteiger partial charge in [0.05, 0.1) is 6.04 Å². The van der Waals surface area contributed by atoms with Gasteiger partial charge in [-0.3, -0.25) is 14.5 Å². The highest BCUT2D eigenvalue weighted by Gasteiger charge is 2.56. The summed E-state index contributed by atoms with van der Waals surface area (Å²) in [6, 6.07) is 13.3. The molecule has 0 bridgehead atoms. The number of amides is 4. The Hall–Kier alpha value is -2.89. The highest BCUT2D eigenvalue weighted by molar-refractivity contribution is 6.09. The zero-order valence-corrected chi connectivity index (χ0v) is 18.7. The summed E-state index contributed by atoms with van der Waals surface area (Å²) >= 11 is 0. The fourth-order valence-corrected chi connectivity index (χ4v) is 5.79. The van der Waals surface area contributed by atoms with E-state index in [1.54, 1.807) is 0 Å². The van der Waals surface area contributed by atoms with Gasteiger partial charge in [0.25, 0.3) is 5.91 Å². The van der Waals surface area contributed by atoms with Crippen molar-refractivity contribution in [1.82, 2.24) is 15.5 Å².